The Balaban J connectivity index is 2.10. The Morgan fingerprint density at radius 3 is 3.06 bits per heavy atom. The minimum Gasteiger partial charge on any atom is -0.312 e. The van der Waals surface area contributed by atoms with E-state index in [1.165, 1.54) is 17.4 Å². The minimum absolute atomic E-state index is 0.324. The molecule has 2 aromatic rings. The van der Waals surface area contributed by atoms with E-state index < -0.39 is 0 Å². The molecule has 0 aliphatic rings. The first kappa shape index (κ1) is 12.1. The third-order valence-electron chi connectivity index (χ3n) is 2.24. The van der Waals surface area contributed by atoms with Crippen LogP contribution in [-0.2, 0) is 6.54 Å². The van der Waals surface area contributed by atoms with Crippen LogP contribution in [0.15, 0.2) is 24.5 Å². The van der Waals surface area contributed by atoms with E-state index in [-0.39, 0.29) is 5.82 Å². The fourth-order valence-corrected chi connectivity index (χ4v) is 2.31. The maximum atomic E-state index is 13.5. The standard InChI is InChI=1S/C12H14FN3S/c1-2-5-14-7-9-8-16-12(17-9)11-10(13)4-3-6-15-11/h3-4,6,8,14H,2,5,7H2,1H3. The van der Waals surface area contributed by atoms with Gasteiger partial charge in [0.25, 0.3) is 0 Å². The summed E-state index contributed by atoms with van der Waals surface area (Å²) < 4.78 is 13.5. The Labute approximate surface area is 104 Å². The van der Waals surface area contributed by atoms with Crippen molar-refractivity contribution in [3.8, 4) is 10.7 Å². The van der Waals surface area contributed by atoms with E-state index in [2.05, 4.69) is 22.2 Å². The van der Waals surface area contributed by atoms with Gasteiger partial charge in [0.2, 0.25) is 0 Å². The van der Waals surface area contributed by atoms with Gasteiger partial charge in [0, 0.05) is 23.8 Å². The molecule has 0 bridgehead atoms. The summed E-state index contributed by atoms with van der Waals surface area (Å²) in [6, 6.07) is 2.98. The average molecular weight is 251 g/mol. The van der Waals surface area contributed by atoms with Crippen molar-refractivity contribution in [1.29, 1.82) is 0 Å². The van der Waals surface area contributed by atoms with Crippen molar-refractivity contribution in [2.75, 3.05) is 6.54 Å². The van der Waals surface area contributed by atoms with Gasteiger partial charge < -0.3 is 5.32 Å². The molecule has 5 heteroatoms. The quantitative estimate of drug-likeness (QED) is 0.830. The van der Waals surface area contributed by atoms with Crippen LogP contribution in [0.2, 0.25) is 0 Å². The van der Waals surface area contributed by atoms with Crippen LogP contribution in [-0.4, -0.2) is 16.5 Å². The molecule has 3 nitrogen and oxygen atoms in total. The van der Waals surface area contributed by atoms with Gasteiger partial charge in [0.1, 0.15) is 10.7 Å². The molecule has 0 amide bonds. The highest BCUT2D eigenvalue weighted by molar-refractivity contribution is 7.14. The summed E-state index contributed by atoms with van der Waals surface area (Å²) in [5, 5.41) is 3.92. The second kappa shape index (κ2) is 5.84. The first-order valence-electron chi connectivity index (χ1n) is 5.57. The Morgan fingerprint density at radius 1 is 1.41 bits per heavy atom. The van der Waals surface area contributed by atoms with Gasteiger partial charge in [-0.05, 0) is 25.1 Å². The fourth-order valence-electron chi connectivity index (χ4n) is 1.43. The Bertz CT molecular complexity index is 484. The van der Waals surface area contributed by atoms with Gasteiger partial charge in [0.05, 0.1) is 0 Å². The molecule has 0 atom stereocenters. The average Bonchev–Trinajstić information content (AvgIpc) is 2.79. The lowest BCUT2D eigenvalue weighted by molar-refractivity contribution is 0.625. The molecule has 0 unspecified atom stereocenters. The van der Waals surface area contributed by atoms with Crippen LogP contribution in [0.25, 0.3) is 10.7 Å². The van der Waals surface area contributed by atoms with E-state index in [0.29, 0.717) is 10.7 Å². The molecule has 0 spiro atoms. The molecule has 2 heterocycles. The molecule has 0 aromatic carbocycles. The monoisotopic (exact) mass is 251 g/mol. The first-order valence-corrected chi connectivity index (χ1v) is 6.39. The summed E-state index contributed by atoms with van der Waals surface area (Å²) in [5.74, 6) is -0.324. The van der Waals surface area contributed by atoms with Crippen LogP contribution < -0.4 is 5.32 Å². The number of rotatable bonds is 5. The Hall–Kier alpha value is -1.33. The number of hydrogen-bond donors (Lipinski definition) is 1. The van der Waals surface area contributed by atoms with Crippen LogP contribution in [0.4, 0.5) is 4.39 Å². The van der Waals surface area contributed by atoms with E-state index >= 15 is 0 Å². The molecule has 1 N–H and O–H groups in total. The normalized spacial score (nSPS) is 10.7. The zero-order chi connectivity index (χ0) is 12.1. The first-order chi connectivity index (χ1) is 8.31. The largest absolute Gasteiger partial charge is 0.312 e. The summed E-state index contributed by atoms with van der Waals surface area (Å²) in [6.45, 7) is 3.87. The number of hydrogen-bond acceptors (Lipinski definition) is 4. The van der Waals surface area contributed by atoms with E-state index in [4.69, 9.17) is 0 Å². The van der Waals surface area contributed by atoms with Crippen molar-refractivity contribution >= 4 is 11.3 Å². The topological polar surface area (TPSA) is 37.8 Å². The Morgan fingerprint density at radius 2 is 2.29 bits per heavy atom. The lowest BCUT2D eigenvalue weighted by atomic mass is 10.3. The van der Waals surface area contributed by atoms with Crippen LogP contribution in [0.5, 0.6) is 0 Å². The van der Waals surface area contributed by atoms with Crippen LogP contribution in [0.1, 0.15) is 18.2 Å². The minimum atomic E-state index is -0.324. The third kappa shape index (κ3) is 3.08. The lowest BCUT2D eigenvalue weighted by Crippen LogP contribution is -2.12. The number of halogens is 1. The van der Waals surface area contributed by atoms with Crippen molar-refractivity contribution in [3.05, 3.63) is 35.2 Å². The molecule has 0 aliphatic carbocycles. The van der Waals surface area contributed by atoms with Crippen LogP contribution >= 0.6 is 11.3 Å². The zero-order valence-electron chi connectivity index (χ0n) is 9.61. The lowest BCUT2D eigenvalue weighted by Gasteiger charge is -1.98. The van der Waals surface area contributed by atoms with Crippen molar-refractivity contribution in [2.45, 2.75) is 19.9 Å². The molecule has 2 aromatic heterocycles. The molecule has 0 radical (unpaired) electrons. The van der Waals surface area contributed by atoms with Crippen molar-refractivity contribution in [2.24, 2.45) is 0 Å². The molecule has 17 heavy (non-hydrogen) atoms. The van der Waals surface area contributed by atoms with E-state index in [0.717, 1.165) is 24.4 Å². The van der Waals surface area contributed by atoms with E-state index in [1.807, 2.05) is 0 Å². The molecule has 0 saturated carbocycles. The second-order valence-corrected chi connectivity index (χ2v) is 4.76. The summed E-state index contributed by atoms with van der Waals surface area (Å²) in [6.07, 6.45) is 4.45. The molecule has 0 saturated heterocycles. The zero-order valence-corrected chi connectivity index (χ0v) is 10.4. The third-order valence-corrected chi connectivity index (χ3v) is 3.24. The van der Waals surface area contributed by atoms with Gasteiger partial charge in [-0.1, -0.05) is 6.92 Å². The maximum Gasteiger partial charge on any atom is 0.151 e. The highest BCUT2D eigenvalue weighted by Crippen LogP contribution is 2.25. The van der Waals surface area contributed by atoms with E-state index in [9.17, 15) is 4.39 Å². The highest BCUT2D eigenvalue weighted by atomic mass is 32.1. The van der Waals surface area contributed by atoms with Gasteiger partial charge in [0.15, 0.2) is 5.82 Å². The van der Waals surface area contributed by atoms with E-state index in [1.54, 1.807) is 18.5 Å². The summed E-state index contributed by atoms with van der Waals surface area (Å²) in [7, 11) is 0. The summed E-state index contributed by atoms with van der Waals surface area (Å²) >= 11 is 1.47. The van der Waals surface area contributed by atoms with Crippen LogP contribution in [0, 0.1) is 5.82 Å². The molecule has 0 fully saturated rings. The predicted molar refractivity (Wildman–Crippen MR) is 67.3 cm³/mol. The highest BCUT2D eigenvalue weighted by Gasteiger charge is 2.10. The van der Waals surface area contributed by atoms with Gasteiger partial charge in [-0.25, -0.2) is 9.37 Å². The number of nitrogens with zero attached hydrogens (tertiary/aromatic N) is 2. The van der Waals surface area contributed by atoms with Crippen molar-refractivity contribution in [1.82, 2.24) is 15.3 Å². The van der Waals surface area contributed by atoms with Crippen LogP contribution in [0.3, 0.4) is 0 Å². The van der Waals surface area contributed by atoms with Gasteiger partial charge in [-0.2, -0.15) is 0 Å². The number of pyridine rings is 1. The Kier molecular flexibility index (Phi) is 4.17. The number of nitrogens with one attached hydrogen (secondary N) is 1. The smallest absolute Gasteiger partial charge is 0.151 e. The number of aromatic nitrogens is 2. The van der Waals surface area contributed by atoms with Gasteiger partial charge in [-0.3, -0.25) is 4.98 Å². The molecule has 90 valence electrons. The SMILES string of the molecule is CCCNCc1cnc(-c2ncccc2F)s1. The molecular formula is C12H14FN3S. The molecular weight excluding hydrogens is 237 g/mol. The maximum absolute atomic E-state index is 13.5. The second-order valence-electron chi connectivity index (χ2n) is 3.64. The number of thiazole rings is 1. The van der Waals surface area contributed by atoms with Gasteiger partial charge >= 0.3 is 0 Å². The predicted octanol–water partition coefficient (Wildman–Crippen LogP) is 2.84. The molecule has 2 rings (SSSR count). The summed E-state index contributed by atoms with van der Waals surface area (Å²) in [4.78, 5) is 9.31. The summed E-state index contributed by atoms with van der Waals surface area (Å²) in [5.41, 5.74) is 0.333. The van der Waals surface area contributed by atoms with Gasteiger partial charge in [-0.15, -0.1) is 11.3 Å². The molecule has 0 aliphatic heterocycles. The van der Waals surface area contributed by atoms with Crippen molar-refractivity contribution in [3.63, 3.8) is 0 Å². The van der Waals surface area contributed by atoms with Crippen molar-refractivity contribution < 1.29 is 4.39 Å². The fraction of sp³-hybridized carbons (Fsp3) is 0.333.